The number of hydrogen-bond acceptors (Lipinski definition) is 7. The highest BCUT2D eigenvalue weighted by Gasteiger charge is 2.23. The summed E-state index contributed by atoms with van der Waals surface area (Å²) in [5.74, 6) is -1.00. The van der Waals surface area contributed by atoms with Crippen molar-refractivity contribution in [1.82, 2.24) is 9.55 Å². The summed E-state index contributed by atoms with van der Waals surface area (Å²) < 4.78 is 6.85. The molecule has 0 aliphatic heterocycles. The molecule has 0 saturated heterocycles. The molecule has 32 heavy (non-hydrogen) atoms. The highest BCUT2D eigenvalue weighted by molar-refractivity contribution is 7.99. The first-order chi connectivity index (χ1) is 15.4. The van der Waals surface area contributed by atoms with Gasteiger partial charge in [0.15, 0.2) is 5.16 Å². The number of non-ortho nitro benzene ring substituents is 1. The van der Waals surface area contributed by atoms with Crippen LogP contribution in [0.25, 0.3) is 11.3 Å². The number of imidazole rings is 1. The number of esters is 1. The van der Waals surface area contributed by atoms with E-state index >= 15 is 0 Å². The van der Waals surface area contributed by atoms with Crippen LogP contribution in [0.2, 0.25) is 0 Å². The number of benzene rings is 2. The summed E-state index contributed by atoms with van der Waals surface area (Å²) in [5, 5.41) is 11.8. The Balaban J connectivity index is 1.78. The number of nitro benzene ring substituents is 1. The van der Waals surface area contributed by atoms with Crippen LogP contribution in [0.3, 0.4) is 0 Å². The number of ether oxygens (including phenoxy) is 1. The zero-order valence-corrected chi connectivity index (χ0v) is 18.4. The van der Waals surface area contributed by atoms with Gasteiger partial charge >= 0.3 is 5.97 Å². The smallest absolute Gasteiger partial charge is 0.326 e. The van der Waals surface area contributed by atoms with Gasteiger partial charge in [-0.1, -0.05) is 48.2 Å². The predicted octanol–water partition coefficient (Wildman–Crippen LogP) is 3.68. The van der Waals surface area contributed by atoms with E-state index in [0.29, 0.717) is 5.16 Å². The number of amides is 1. The van der Waals surface area contributed by atoms with Crippen LogP contribution in [0.15, 0.2) is 66.0 Å². The van der Waals surface area contributed by atoms with Gasteiger partial charge in [-0.2, -0.15) is 0 Å². The lowest BCUT2D eigenvalue weighted by atomic mass is 10.2. The third-order valence-electron chi connectivity index (χ3n) is 4.59. The van der Waals surface area contributed by atoms with Crippen LogP contribution in [0.5, 0.6) is 0 Å². The van der Waals surface area contributed by atoms with E-state index in [1.807, 2.05) is 41.9 Å². The van der Waals surface area contributed by atoms with Crippen molar-refractivity contribution >= 4 is 35.0 Å². The molecule has 0 unspecified atom stereocenters. The minimum absolute atomic E-state index is 0.0127. The van der Waals surface area contributed by atoms with E-state index < -0.39 is 16.8 Å². The Bertz CT molecular complexity index is 1120. The summed E-state index contributed by atoms with van der Waals surface area (Å²) in [6.45, 7) is 1.49. The Morgan fingerprint density at radius 3 is 2.62 bits per heavy atom. The second-order valence-corrected chi connectivity index (χ2v) is 7.64. The average molecular weight is 455 g/mol. The first-order valence-electron chi connectivity index (χ1n) is 9.81. The number of anilines is 1. The van der Waals surface area contributed by atoms with Crippen LogP contribution in [0.1, 0.15) is 6.92 Å². The van der Waals surface area contributed by atoms with Crippen molar-refractivity contribution in [2.75, 3.05) is 23.8 Å². The fourth-order valence-corrected chi connectivity index (χ4v) is 3.87. The van der Waals surface area contributed by atoms with Gasteiger partial charge in [0.25, 0.3) is 5.69 Å². The maximum Gasteiger partial charge on any atom is 0.326 e. The van der Waals surface area contributed by atoms with Gasteiger partial charge in [0.2, 0.25) is 5.91 Å². The summed E-state index contributed by atoms with van der Waals surface area (Å²) >= 11 is 1.22. The van der Waals surface area contributed by atoms with Crippen molar-refractivity contribution in [2.24, 2.45) is 7.05 Å². The van der Waals surface area contributed by atoms with Crippen molar-refractivity contribution in [2.45, 2.75) is 12.1 Å². The normalized spacial score (nSPS) is 10.6. The first kappa shape index (κ1) is 23.0. The van der Waals surface area contributed by atoms with Crippen LogP contribution in [0, 0.1) is 10.1 Å². The molecule has 3 rings (SSSR count). The van der Waals surface area contributed by atoms with E-state index in [4.69, 9.17) is 4.74 Å². The van der Waals surface area contributed by atoms with Crippen molar-refractivity contribution in [1.29, 1.82) is 0 Å². The van der Waals surface area contributed by atoms with Crippen molar-refractivity contribution in [3.05, 3.63) is 70.9 Å². The van der Waals surface area contributed by atoms with E-state index in [1.165, 1.54) is 34.9 Å². The van der Waals surface area contributed by atoms with Crippen molar-refractivity contribution in [3.8, 4) is 11.3 Å². The first-order valence-corrected chi connectivity index (χ1v) is 10.8. The van der Waals surface area contributed by atoms with Gasteiger partial charge in [-0.05, 0) is 18.6 Å². The molecule has 1 heterocycles. The summed E-state index contributed by atoms with van der Waals surface area (Å²) in [7, 11) is 1.86. The SMILES string of the molecule is CCOC(=O)CN(C(=O)CSc1ncc(-c2ccccc2)n1C)c1cccc([N+](=O)[O-])c1. The Morgan fingerprint density at radius 1 is 1.19 bits per heavy atom. The molecule has 1 amide bonds. The van der Waals surface area contributed by atoms with Gasteiger partial charge < -0.3 is 14.2 Å². The van der Waals surface area contributed by atoms with E-state index in [1.54, 1.807) is 19.2 Å². The minimum Gasteiger partial charge on any atom is -0.465 e. The number of nitro groups is 1. The molecule has 0 N–H and O–H groups in total. The van der Waals surface area contributed by atoms with E-state index in [-0.39, 0.29) is 30.3 Å². The quantitative estimate of drug-likeness (QED) is 0.210. The molecule has 0 atom stereocenters. The molecule has 0 saturated carbocycles. The largest absolute Gasteiger partial charge is 0.465 e. The molecule has 0 aliphatic rings. The molecule has 0 fully saturated rings. The number of carbonyl (C=O) groups is 2. The molecule has 166 valence electrons. The lowest BCUT2D eigenvalue weighted by Gasteiger charge is -2.21. The van der Waals surface area contributed by atoms with Gasteiger partial charge in [0, 0.05) is 19.2 Å². The minimum atomic E-state index is -0.597. The lowest BCUT2D eigenvalue weighted by Crippen LogP contribution is -2.37. The number of hydrogen-bond donors (Lipinski definition) is 0. The molecule has 2 aromatic carbocycles. The molecular weight excluding hydrogens is 432 g/mol. The maximum atomic E-state index is 13.0. The third kappa shape index (κ3) is 5.52. The van der Waals surface area contributed by atoms with Gasteiger partial charge in [-0.15, -0.1) is 0 Å². The van der Waals surface area contributed by atoms with Gasteiger partial charge in [-0.25, -0.2) is 4.98 Å². The summed E-state index contributed by atoms with van der Waals surface area (Å²) in [5.41, 5.74) is 1.99. The van der Waals surface area contributed by atoms with Crippen LogP contribution < -0.4 is 4.90 Å². The fraction of sp³-hybridized carbons (Fsp3) is 0.227. The number of carbonyl (C=O) groups excluding carboxylic acids is 2. The number of aromatic nitrogens is 2. The molecule has 0 aliphatic carbocycles. The number of rotatable bonds is 9. The Labute approximate surface area is 189 Å². The van der Waals surface area contributed by atoms with Crippen LogP contribution in [-0.4, -0.2) is 45.3 Å². The Morgan fingerprint density at radius 2 is 1.94 bits per heavy atom. The standard InChI is InChI=1S/C22H22N4O5S/c1-3-31-21(28)14-25(17-10-7-11-18(12-17)26(29)30)20(27)15-32-22-23-13-19(24(22)2)16-8-5-4-6-9-16/h4-13H,3,14-15H2,1-2H3. The maximum absolute atomic E-state index is 13.0. The molecule has 9 nitrogen and oxygen atoms in total. The number of nitrogens with zero attached hydrogens (tertiary/aromatic N) is 4. The van der Waals surface area contributed by atoms with Crippen molar-refractivity contribution < 1.29 is 19.2 Å². The lowest BCUT2D eigenvalue weighted by molar-refractivity contribution is -0.384. The monoisotopic (exact) mass is 454 g/mol. The van der Waals surface area contributed by atoms with Crippen LogP contribution in [-0.2, 0) is 21.4 Å². The average Bonchev–Trinajstić information content (AvgIpc) is 3.17. The van der Waals surface area contributed by atoms with E-state index in [0.717, 1.165) is 11.3 Å². The fourth-order valence-electron chi connectivity index (χ4n) is 3.04. The number of thioether (sulfide) groups is 1. The summed E-state index contributed by atoms with van der Waals surface area (Å²) in [6.07, 6.45) is 1.74. The Kier molecular flexibility index (Phi) is 7.61. The third-order valence-corrected chi connectivity index (χ3v) is 5.61. The zero-order valence-electron chi connectivity index (χ0n) is 17.6. The molecule has 0 bridgehead atoms. The highest BCUT2D eigenvalue weighted by Crippen LogP contribution is 2.26. The summed E-state index contributed by atoms with van der Waals surface area (Å²) in [4.78, 5) is 41.3. The van der Waals surface area contributed by atoms with Crippen LogP contribution >= 0.6 is 11.8 Å². The molecule has 10 heteroatoms. The second-order valence-electron chi connectivity index (χ2n) is 6.70. The van der Waals surface area contributed by atoms with Gasteiger partial charge in [0.1, 0.15) is 6.54 Å². The predicted molar refractivity (Wildman–Crippen MR) is 121 cm³/mol. The molecule has 0 radical (unpaired) electrons. The molecular formula is C22H22N4O5S. The second kappa shape index (κ2) is 10.6. The van der Waals surface area contributed by atoms with Gasteiger partial charge in [0.05, 0.1) is 34.9 Å². The Hall–Kier alpha value is -3.66. The zero-order chi connectivity index (χ0) is 23.1. The topological polar surface area (TPSA) is 108 Å². The molecule has 3 aromatic rings. The van der Waals surface area contributed by atoms with E-state index in [2.05, 4.69) is 4.98 Å². The summed E-state index contributed by atoms with van der Waals surface area (Å²) in [6, 6.07) is 15.3. The van der Waals surface area contributed by atoms with E-state index in [9.17, 15) is 19.7 Å². The van der Waals surface area contributed by atoms with Crippen LogP contribution in [0.4, 0.5) is 11.4 Å². The van der Waals surface area contributed by atoms with Gasteiger partial charge in [-0.3, -0.25) is 19.7 Å². The molecule has 0 spiro atoms. The van der Waals surface area contributed by atoms with Crippen molar-refractivity contribution in [3.63, 3.8) is 0 Å². The molecule has 1 aromatic heterocycles. The highest BCUT2D eigenvalue weighted by atomic mass is 32.2.